The van der Waals surface area contributed by atoms with Crippen molar-refractivity contribution in [3.05, 3.63) is 162 Å². The maximum absolute atomic E-state index is 13.9. The first-order valence-electron chi connectivity index (χ1n) is 25.3. The molecule has 0 bridgehead atoms. The number of halogens is 11. The van der Waals surface area contributed by atoms with E-state index in [-0.39, 0.29) is 11.3 Å². The second-order valence-electron chi connectivity index (χ2n) is 20.1. The molecule has 0 unspecified atom stereocenters. The zero-order chi connectivity index (χ0) is 53.2. The van der Waals surface area contributed by atoms with Gasteiger partial charge in [-0.15, -0.1) is 26.3 Å². The van der Waals surface area contributed by atoms with Crippen LogP contribution in [0.1, 0.15) is 132 Å². The van der Waals surface area contributed by atoms with Crippen molar-refractivity contribution in [2.75, 3.05) is 0 Å². The predicted molar refractivity (Wildman–Crippen MR) is 267 cm³/mol. The van der Waals surface area contributed by atoms with Gasteiger partial charge in [-0.3, -0.25) is 0 Å². The summed E-state index contributed by atoms with van der Waals surface area (Å²) < 4.78 is 151. The highest BCUT2D eigenvalue weighted by atomic mass is 19.4. The van der Waals surface area contributed by atoms with Crippen LogP contribution in [0.3, 0.4) is 0 Å². The fourth-order valence-electron chi connectivity index (χ4n) is 10.3. The number of benzene rings is 6. The average molecular weight is 1040 g/mol. The lowest BCUT2D eigenvalue weighted by atomic mass is 9.79. The highest BCUT2D eigenvalue weighted by molar-refractivity contribution is 5.67. The van der Waals surface area contributed by atoms with Crippen LogP contribution in [0.25, 0.3) is 33.4 Å². The summed E-state index contributed by atoms with van der Waals surface area (Å²) >= 11 is 0. The Balaban J connectivity index is 0.000000162. The first kappa shape index (κ1) is 55.7. The molecule has 0 N–H and O–H groups in total. The Labute approximate surface area is 426 Å². The molecule has 396 valence electrons. The topological polar surface area (TPSA) is 27.7 Å². The maximum atomic E-state index is 13.9. The van der Waals surface area contributed by atoms with E-state index in [1.54, 1.807) is 24.3 Å². The molecule has 3 aliphatic rings. The molecule has 0 amide bonds. The Bertz CT molecular complexity index is 2650. The molecule has 3 nitrogen and oxygen atoms in total. The van der Waals surface area contributed by atoms with Gasteiger partial charge in [0.15, 0.2) is 23.2 Å². The fraction of sp³-hybridized carbons (Fsp3) is 0.400. The van der Waals surface area contributed by atoms with Crippen LogP contribution in [0, 0.1) is 35.2 Å². The van der Waals surface area contributed by atoms with Crippen LogP contribution in [-0.2, 0) is 0 Å². The van der Waals surface area contributed by atoms with Crippen LogP contribution >= 0.6 is 0 Å². The van der Waals surface area contributed by atoms with E-state index in [1.165, 1.54) is 87.0 Å². The van der Waals surface area contributed by atoms with E-state index < -0.39 is 48.3 Å². The molecule has 14 heteroatoms. The van der Waals surface area contributed by atoms with Gasteiger partial charge in [0.1, 0.15) is 5.75 Å². The van der Waals surface area contributed by atoms with Crippen LogP contribution in [0.2, 0.25) is 0 Å². The highest BCUT2D eigenvalue weighted by Gasteiger charge is 2.35. The van der Waals surface area contributed by atoms with Gasteiger partial charge in [-0.25, -0.2) is 13.2 Å². The molecule has 6 aromatic rings. The van der Waals surface area contributed by atoms with E-state index in [0.29, 0.717) is 28.9 Å². The fourth-order valence-corrected chi connectivity index (χ4v) is 10.3. The third-order valence-corrected chi connectivity index (χ3v) is 14.6. The van der Waals surface area contributed by atoms with Gasteiger partial charge in [0.2, 0.25) is 5.75 Å². The third-order valence-electron chi connectivity index (χ3n) is 14.6. The monoisotopic (exact) mass is 1040 g/mol. The van der Waals surface area contributed by atoms with E-state index >= 15 is 0 Å². The van der Waals surface area contributed by atoms with Crippen molar-refractivity contribution >= 4 is 0 Å². The summed E-state index contributed by atoms with van der Waals surface area (Å²) in [5.41, 5.74) is 7.97. The number of hydrogen-bond acceptors (Lipinski definition) is 3. The van der Waals surface area contributed by atoms with Crippen molar-refractivity contribution in [3.63, 3.8) is 0 Å². The van der Waals surface area contributed by atoms with Crippen molar-refractivity contribution in [2.24, 2.45) is 17.8 Å². The molecule has 6 aromatic carbocycles. The Morgan fingerprint density at radius 1 is 0.378 bits per heavy atom. The zero-order valence-corrected chi connectivity index (χ0v) is 41.5. The van der Waals surface area contributed by atoms with Gasteiger partial charge >= 0.3 is 19.3 Å². The third kappa shape index (κ3) is 16.2. The smallest absolute Gasteiger partial charge is 0.435 e. The Hall–Kier alpha value is -6.05. The second kappa shape index (κ2) is 25.0. The summed E-state index contributed by atoms with van der Waals surface area (Å²) in [4.78, 5) is 0. The van der Waals surface area contributed by atoms with E-state index in [2.05, 4.69) is 59.2 Å². The number of rotatable bonds is 10. The molecule has 3 fully saturated rings. The molecule has 0 aliphatic heterocycles. The minimum Gasteiger partial charge on any atom is -0.435 e. The van der Waals surface area contributed by atoms with Crippen LogP contribution in [0.15, 0.2) is 127 Å². The summed E-state index contributed by atoms with van der Waals surface area (Å²) in [5.74, 6) is -1.74. The second-order valence-corrected chi connectivity index (χ2v) is 20.1. The van der Waals surface area contributed by atoms with Gasteiger partial charge in [-0.05, 0) is 161 Å². The molecule has 0 aromatic heterocycles. The van der Waals surface area contributed by atoms with Crippen molar-refractivity contribution < 1.29 is 62.5 Å². The predicted octanol–water partition coefficient (Wildman–Crippen LogP) is 19.8. The number of ether oxygens (including phenoxy) is 3. The molecule has 0 radical (unpaired) electrons. The van der Waals surface area contributed by atoms with Gasteiger partial charge in [0.25, 0.3) is 0 Å². The summed E-state index contributed by atoms with van der Waals surface area (Å²) in [5, 5.41) is 0. The van der Waals surface area contributed by atoms with Crippen LogP contribution in [0.4, 0.5) is 48.3 Å². The van der Waals surface area contributed by atoms with E-state index in [1.807, 2.05) is 48.5 Å². The summed E-state index contributed by atoms with van der Waals surface area (Å²) in [6.07, 6.45) is 4.57. The van der Waals surface area contributed by atoms with Gasteiger partial charge in [-0.1, -0.05) is 150 Å². The largest absolute Gasteiger partial charge is 0.573 e. The quantitative estimate of drug-likeness (QED) is 0.128. The first-order valence-corrected chi connectivity index (χ1v) is 25.3. The lowest BCUT2D eigenvalue weighted by molar-refractivity contribution is -0.277. The van der Waals surface area contributed by atoms with Crippen molar-refractivity contribution in [2.45, 2.75) is 135 Å². The number of hydrogen-bond donors (Lipinski definition) is 0. The molecular formula is C60H61F11O3. The van der Waals surface area contributed by atoms with E-state index in [9.17, 15) is 48.3 Å². The minimum absolute atomic E-state index is 0.165. The van der Waals surface area contributed by atoms with E-state index in [4.69, 9.17) is 0 Å². The van der Waals surface area contributed by atoms with Crippen molar-refractivity contribution in [3.8, 4) is 50.6 Å². The Morgan fingerprint density at radius 3 is 1.03 bits per heavy atom. The summed E-state index contributed by atoms with van der Waals surface area (Å²) in [6.45, 7) is 4.08. The standard InChI is InChI=1S/C20H19F5O.C20H20F4O.C20H22F2O/c1-12-2-4-13(5-3-12)14-6-8-15(9-7-14)16-10-17(21)19(18(22)11-16)26-20(23,24)25;1-13-2-4-14(5-3-13)15-6-8-16(9-7-15)17-10-11-19(18(21)12-17)25-20(22,23)24;1-14-2-4-15(5-3-14)16-6-8-17(9-7-16)18-10-12-19(13-11-18)23-20(21)22/h6-13H,2-5H2,1H3;6-14H,2-5H2,1H3;6-15,20H,2-5H2,1H3. The Kier molecular flexibility index (Phi) is 18.8. The zero-order valence-electron chi connectivity index (χ0n) is 41.5. The maximum Gasteiger partial charge on any atom is 0.573 e. The van der Waals surface area contributed by atoms with Crippen molar-refractivity contribution in [1.82, 2.24) is 0 Å². The molecule has 3 aliphatic carbocycles. The van der Waals surface area contributed by atoms with Crippen molar-refractivity contribution in [1.29, 1.82) is 0 Å². The highest BCUT2D eigenvalue weighted by Crippen LogP contribution is 2.40. The van der Waals surface area contributed by atoms with Gasteiger partial charge in [0, 0.05) is 0 Å². The normalized spacial score (nSPS) is 21.1. The lowest BCUT2D eigenvalue weighted by Gasteiger charge is -2.26. The molecular weight excluding hydrogens is 978 g/mol. The molecule has 0 saturated heterocycles. The summed E-state index contributed by atoms with van der Waals surface area (Å²) in [7, 11) is 0. The first-order chi connectivity index (χ1) is 35.2. The molecule has 3 saturated carbocycles. The lowest BCUT2D eigenvalue weighted by Crippen LogP contribution is -2.19. The van der Waals surface area contributed by atoms with E-state index in [0.717, 1.165) is 71.6 Å². The molecule has 0 spiro atoms. The average Bonchev–Trinajstić information content (AvgIpc) is 3.36. The molecule has 0 atom stereocenters. The molecule has 9 rings (SSSR count). The van der Waals surface area contributed by atoms with Crippen LogP contribution in [-0.4, -0.2) is 19.3 Å². The summed E-state index contributed by atoms with van der Waals surface area (Å²) in [6, 6.07) is 35.8. The minimum atomic E-state index is -5.15. The van der Waals surface area contributed by atoms with Crippen LogP contribution < -0.4 is 14.2 Å². The van der Waals surface area contributed by atoms with Gasteiger partial charge in [-0.2, -0.15) is 8.78 Å². The Morgan fingerprint density at radius 2 is 0.689 bits per heavy atom. The molecule has 0 heterocycles. The van der Waals surface area contributed by atoms with Gasteiger partial charge in [0.05, 0.1) is 0 Å². The van der Waals surface area contributed by atoms with Crippen LogP contribution in [0.5, 0.6) is 17.2 Å². The molecule has 74 heavy (non-hydrogen) atoms. The van der Waals surface area contributed by atoms with Gasteiger partial charge < -0.3 is 14.2 Å². The number of alkyl halides is 8. The SMILES string of the molecule is CC1CCC(c2ccc(-c3cc(F)c(OC(F)(F)F)c(F)c3)cc2)CC1.CC1CCC(c2ccc(-c3ccc(OC(F)(F)F)c(F)c3)cc2)CC1.CC1CCC(c2ccc(-c3ccc(OC(F)F)cc3)cc2)CC1.